The highest BCUT2D eigenvalue weighted by Gasteiger charge is 2.23. The van der Waals surface area contributed by atoms with E-state index < -0.39 is 0 Å². The van der Waals surface area contributed by atoms with Crippen molar-refractivity contribution in [2.24, 2.45) is 0 Å². The summed E-state index contributed by atoms with van der Waals surface area (Å²) in [6, 6.07) is 14.7. The molecule has 5 nitrogen and oxygen atoms in total. The second kappa shape index (κ2) is 9.21. The van der Waals surface area contributed by atoms with Gasteiger partial charge in [-0.1, -0.05) is 23.9 Å². The minimum absolute atomic E-state index is 0.161. The molecule has 0 saturated heterocycles. The van der Waals surface area contributed by atoms with Crippen molar-refractivity contribution >= 4 is 11.8 Å². The van der Waals surface area contributed by atoms with E-state index in [4.69, 9.17) is 4.74 Å². The van der Waals surface area contributed by atoms with Gasteiger partial charge in [0.05, 0.1) is 21.2 Å². The number of benzene rings is 2. The lowest BCUT2D eigenvalue weighted by Gasteiger charge is -2.18. The van der Waals surface area contributed by atoms with Crippen LogP contribution in [0.4, 0.5) is 4.39 Å². The molecule has 3 rings (SSSR count). The first-order valence-electron chi connectivity index (χ1n) is 9.26. The molecule has 1 atom stereocenters. The molecule has 28 heavy (non-hydrogen) atoms. The molecule has 0 aliphatic carbocycles. The van der Waals surface area contributed by atoms with Gasteiger partial charge in [0.25, 0.3) is 0 Å². The van der Waals surface area contributed by atoms with Gasteiger partial charge in [0.1, 0.15) is 17.6 Å². The van der Waals surface area contributed by atoms with E-state index >= 15 is 0 Å². The third-order valence-electron chi connectivity index (χ3n) is 4.78. The molecule has 0 saturated carbocycles. The molecule has 7 heteroatoms. The Morgan fingerprint density at radius 1 is 1.07 bits per heavy atom. The molecule has 3 aromatic rings. The standard InChI is InChI=1S/C21H25FN4OS/c1-15(25(2)3)20-23-24-21(26(20)18-9-7-17(22)8-10-18)28-14-13-16-5-11-19(27-4)12-6-16/h5-12,15H,13-14H2,1-4H3/p+1/t15-/m0/s1. The van der Waals surface area contributed by atoms with Gasteiger partial charge in [-0.3, -0.25) is 4.57 Å². The zero-order valence-corrected chi connectivity index (χ0v) is 17.5. The minimum atomic E-state index is -0.252. The van der Waals surface area contributed by atoms with Crippen LogP contribution in [0.2, 0.25) is 0 Å². The molecule has 1 heterocycles. The molecule has 0 amide bonds. The molecule has 1 N–H and O–H groups in total. The molecule has 0 aliphatic rings. The highest BCUT2D eigenvalue weighted by Crippen LogP contribution is 2.25. The van der Waals surface area contributed by atoms with E-state index in [0.29, 0.717) is 0 Å². The van der Waals surface area contributed by atoms with Crippen molar-refractivity contribution in [1.82, 2.24) is 14.8 Å². The summed E-state index contributed by atoms with van der Waals surface area (Å²) in [6.45, 7) is 2.12. The average molecular weight is 402 g/mol. The number of nitrogens with one attached hydrogen (secondary N) is 1. The average Bonchev–Trinajstić information content (AvgIpc) is 3.12. The molecule has 0 fully saturated rings. The lowest BCUT2D eigenvalue weighted by atomic mass is 10.2. The first-order chi connectivity index (χ1) is 13.5. The first-order valence-corrected chi connectivity index (χ1v) is 10.2. The number of hydrogen-bond acceptors (Lipinski definition) is 4. The quantitative estimate of drug-likeness (QED) is 0.590. The summed E-state index contributed by atoms with van der Waals surface area (Å²) >= 11 is 1.66. The highest BCUT2D eigenvalue weighted by atomic mass is 32.2. The third-order valence-corrected chi connectivity index (χ3v) is 5.71. The van der Waals surface area contributed by atoms with Gasteiger partial charge < -0.3 is 9.64 Å². The molecule has 1 aromatic heterocycles. The molecular formula is C21H26FN4OS+. The second-order valence-corrected chi connectivity index (χ2v) is 7.96. The van der Waals surface area contributed by atoms with Crippen molar-refractivity contribution in [3.8, 4) is 11.4 Å². The van der Waals surface area contributed by atoms with E-state index in [9.17, 15) is 4.39 Å². The number of quaternary nitrogens is 1. The van der Waals surface area contributed by atoms with Gasteiger partial charge in [0.15, 0.2) is 11.0 Å². The normalized spacial score (nSPS) is 12.4. The number of halogens is 1. The lowest BCUT2D eigenvalue weighted by molar-refractivity contribution is -0.890. The van der Waals surface area contributed by atoms with Crippen LogP contribution in [0.1, 0.15) is 24.4 Å². The fraction of sp³-hybridized carbons (Fsp3) is 0.333. The third kappa shape index (κ3) is 4.72. The largest absolute Gasteiger partial charge is 0.497 e. The molecule has 2 aromatic carbocycles. The van der Waals surface area contributed by atoms with E-state index in [1.54, 1.807) is 31.0 Å². The number of ether oxygens (including phenoxy) is 1. The van der Waals surface area contributed by atoms with Gasteiger partial charge >= 0.3 is 0 Å². The van der Waals surface area contributed by atoms with Crippen molar-refractivity contribution in [1.29, 1.82) is 0 Å². The fourth-order valence-electron chi connectivity index (χ4n) is 2.80. The van der Waals surface area contributed by atoms with Crippen molar-refractivity contribution in [3.63, 3.8) is 0 Å². The predicted molar refractivity (Wildman–Crippen MR) is 110 cm³/mol. The van der Waals surface area contributed by atoms with Crippen LogP contribution in [0.5, 0.6) is 5.75 Å². The van der Waals surface area contributed by atoms with E-state index in [0.717, 1.165) is 34.6 Å². The van der Waals surface area contributed by atoms with Gasteiger partial charge in [-0.25, -0.2) is 4.39 Å². The van der Waals surface area contributed by atoms with Crippen LogP contribution in [0.25, 0.3) is 5.69 Å². The number of aryl methyl sites for hydroxylation is 1. The SMILES string of the molecule is COc1ccc(CCSc2nnc([C@H](C)[NH+](C)C)n2-c2ccc(F)cc2)cc1. The smallest absolute Gasteiger partial charge is 0.196 e. The first kappa shape index (κ1) is 20.4. The molecule has 0 bridgehead atoms. The summed E-state index contributed by atoms with van der Waals surface area (Å²) < 4.78 is 20.6. The zero-order chi connectivity index (χ0) is 20.1. The molecule has 0 radical (unpaired) electrons. The van der Waals surface area contributed by atoms with Crippen LogP contribution in [0.15, 0.2) is 53.7 Å². The van der Waals surface area contributed by atoms with Gasteiger partial charge in [-0.2, -0.15) is 0 Å². The van der Waals surface area contributed by atoms with Crippen LogP contribution in [-0.2, 0) is 6.42 Å². The van der Waals surface area contributed by atoms with Crippen molar-refractivity contribution in [2.75, 3.05) is 27.0 Å². The van der Waals surface area contributed by atoms with E-state index in [2.05, 4.69) is 43.3 Å². The van der Waals surface area contributed by atoms with Gasteiger partial charge in [0, 0.05) is 11.4 Å². The maximum absolute atomic E-state index is 13.4. The Labute approximate surface area is 169 Å². The Hall–Kier alpha value is -2.38. The fourth-order valence-corrected chi connectivity index (χ4v) is 3.75. The van der Waals surface area contributed by atoms with Crippen LogP contribution in [-0.4, -0.2) is 41.7 Å². The maximum Gasteiger partial charge on any atom is 0.196 e. The van der Waals surface area contributed by atoms with Gasteiger partial charge in [-0.05, 0) is 55.3 Å². The topological polar surface area (TPSA) is 44.4 Å². The summed E-state index contributed by atoms with van der Waals surface area (Å²) in [4.78, 5) is 1.26. The number of hydrogen-bond donors (Lipinski definition) is 1. The summed E-state index contributed by atoms with van der Waals surface area (Å²) in [5.74, 6) is 2.35. The molecule has 148 valence electrons. The highest BCUT2D eigenvalue weighted by molar-refractivity contribution is 7.99. The number of nitrogens with zero attached hydrogens (tertiary/aromatic N) is 3. The Balaban J connectivity index is 1.80. The van der Waals surface area contributed by atoms with Crippen LogP contribution in [0, 0.1) is 5.82 Å². The van der Waals surface area contributed by atoms with Gasteiger partial charge in [0.2, 0.25) is 0 Å². The van der Waals surface area contributed by atoms with Crippen LogP contribution < -0.4 is 9.64 Å². The Bertz CT molecular complexity index is 894. The Morgan fingerprint density at radius 2 is 1.75 bits per heavy atom. The van der Waals surface area contributed by atoms with Crippen LogP contribution in [0.3, 0.4) is 0 Å². The van der Waals surface area contributed by atoms with Crippen molar-refractivity contribution in [3.05, 3.63) is 65.7 Å². The molecular weight excluding hydrogens is 375 g/mol. The number of methoxy groups -OCH3 is 1. The maximum atomic E-state index is 13.4. The minimum Gasteiger partial charge on any atom is -0.497 e. The van der Waals surface area contributed by atoms with Crippen LogP contribution >= 0.6 is 11.8 Å². The van der Waals surface area contributed by atoms with Crippen molar-refractivity contribution < 1.29 is 14.0 Å². The van der Waals surface area contributed by atoms with E-state index in [1.807, 2.05) is 16.7 Å². The van der Waals surface area contributed by atoms with E-state index in [-0.39, 0.29) is 11.9 Å². The lowest BCUT2D eigenvalue weighted by Crippen LogP contribution is -3.05. The second-order valence-electron chi connectivity index (χ2n) is 6.90. The summed E-state index contributed by atoms with van der Waals surface area (Å²) in [5, 5.41) is 9.69. The summed E-state index contributed by atoms with van der Waals surface area (Å²) in [7, 11) is 5.84. The number of thioether (sulfide) groups is 1. The van der Waals surface area contributed by atoms with E-state index in [1.165, 1.54) is 22.6 Å². The Morgan fingerprint density at radius 3 is 2.36 bits per heavy atom. The molecule has 0 spiro atoms. The van der Waals surface area contributed by atoms with Gasteiger partial charge in [-0.15, -0.1) is 10.2 Å². The Kier molecular flexibility index (Phi) is 6.70. The number of aromatic nitrogens is 3. The number of rotatable bonds is 8. The monoisotopic (exact) mass is 401 g/mol. The molecule has 0 aliphatic heterocycles. The summed E-state index contributed by atoms with van der Waals surface area (Å²) in [5.41, 5.74) is 2.12. The predicted octanol–water partition coefficient (Wildman–Crippen LogP) is 2.96. The zero-order valence-electron chi connectivity index (χ0n) is 16.6. The molecule has 0 unspecified atom stereocenters. The van der Waals surface area contributed by atoms with Crippen molar-refractivity contribution in [2.45, 2.75) is 24.5 Å². The summed E-state index contributed by atoms with van der Waals surface area (Å²) in [6.07, 6.45) is 0.911.